The van der Waals surface area contributed by atoms with Crippen molar-refractivity contribution in [2.75, 3.05) is 26.4 Å². The first-order chi connectivity index (χ1) is 18.4. The van der Waals surface area contributed by atoms with Gasteiger partial charge in [0.15, 0.2) is 17.6 Å². The number of hydrogen-bond donors (Lipinski definition) is 0. The van der Waals surface area contributed by atoms with Crippen LogP contribution in [0.15, 0.2) is 66.7 Å². The van der Waals surface area contributed by atoms with E-state index in [0.29, 0.717) is 28.5 Å². The number of hydroxylamine groups is 1. The van der Waals surface area contributed by atoms with E-state index >= 15 is 0 Å². The van der Waals surface area contributed by atoms with E-state index < -0.39 is 34.8 Å². The number of nitro groups is 1. The van der Waals surface area contributed by atoms with E-state index in [2.05, 4.69) is 0 Å². The maximum Gasteiger partial charge on any atom is 0.271 e. The lowest BCUT2D eigenvalue weighted by Gasteiger charge is -2.30. The minimum absolute atomic E-state index is 0.0987. The monoisotopic (exact) mass is 519 g/mol. The van der Waals surface area contributed by atoms with Crippen molar-refractivity contribution in [1.82, 2.24) is 4.90 Å². The summed E-state index contributed by atoms with van der Waals surface area (Å²) in [5.74, 6) is -0.853. The van der Waals surface area contributed by atoms with Crippen molar-refractivity contribution in [1.29, 1.82) is 0 Å². The molecule has 0 spiro atoms. The van der Waals surface area contributed by atoms with E-state index in [1.807, 2.05) is 30.3 Å². The van der Waals surface area contributed by atoms with Crippen molar-refractivity contribution < 1.29 is 33.6 Å². The van der Waals surface area contributed by atoms with Crippen LogP contribution in [0, 0.1) is 16.0 Å². The number of non-ortho nitro benzene ring substituents is 1. The molecular formula is C27H25N3O8. The van der Waals surface area contributed by atoms with Gasteiger partial charge in [-0.1, -0.05) is 36.4 Å². The molecule has 0 bridgehead atoms. The number of anilines is 1. The molecule has 0 aliphatic carbocycles. The number of carbonyl (C=O) groups is 2. The van der Waals surface area contributed by atoms with Crippen LogP contribution in [0.5, 0.6) is 17.2 Å². The second-order valence-electron chi connectivity index (χ2n) is 8.77. The maximum absolute atomic E-state index is 13.8. The summed E-state index contributed by atoms with van der Waals surface area (Å²) in [5, 5.41) is 12.8. The number of rotatable bonds is 8. The van der Waals surface area contributed by atoms with E-state index in [4.69, 9.17) is 19.0 Å². The van der Waals surface area contributed by atoms with Crippen molar-refractivity contribution in [2.45, 2.75) is 18.7 Å². The van der Waals surface area contributed by atoms with Crippen molar-refractivity contribution >= 4 is 23.2 Å². The maximum atomic E-state index is 13.8. The van der Waals surface area contributed by atoms with Gasteiger partial charge in [0.05, 0.1) is 38.5 Å². The van der Waals surface area contributed by atoms with Crippen LogP contribution in [0.2, 0.25) is 0 Å². The van der Waals surface area contributed by atoms with E-state index in [9.17, 15) is 19.7 Å². The number of hydrogen-bond acceptors (Lipinski definition) is 9. The molecule has 0 saturated carbocycles. The van der Waals surface area contributed by atoms with E-state index in [1.165, 1.54) is 49.5 Å². The van der Waals surface area contributed by atoms with Crippen LogP contribution >= 0.6 is 0 Å². The van der Waals surface area contributed by atoms with Crippen LogP contribution in [-0.2, 0) is 21.0 Å². The van der Waals surface area contributed by atoms with E-state index in [-0.39, 0.29) is 12.2 Å². The normalized spacial score (nSPS) is 20.4. The Morgan fingerprint density at radius 2 is 1.63 bits per heavy atom. The lowest BCUT2D eigenvalue weighted by molar-refractivity contribution is -0.384. The standard InChI is InChI=1S/C27H25N3O8/c1-35-20-13-12-19(23(36-2)24(20)37-3)22-21-25(38-29(22)17-10-7-11-18(14-17)30(33)34)27(32)28(26(21)31)15-16-8-5-4-6-9-16/h4-14,21-22,25H,15H2,1-3H3/t21-,22-,25-/m0/s1. The van der Waals surface area contributed by atoms with Crippen LogP contribution in [0.25, 0.3) is 0 Å². The van der Waals surface area contributed by atoms with E-state index in [1.54, 1.807) is 18.2 Å². The molecule has 3 aromatic carbocycles. The minimum Gasteiger partial charge on any atom is -0.493 e. The highest BCUT2D eigenvalue weighted by Gasteiger charge is 2.60. The smallest absolute Gasteiger partial charge is 0.271 e. The molecule has 2 aliphatic rings. The molecule has 0 unspecified atom stereocenters. The Morgan fingerprint density at radius 3 is 2.29 bits per heavy atom. The molecule has 2 saturated heterocycles. The first kappa shape index (κ1) is 25.0. The van der Waals surface area contributed by atoms with Crippen molar-refractivity contribution in [3.63, 3.8) is 0 Å². The molecule has 2 amide bonds. The average molecular weight is 520 g/mol. The molecule has 3 aromatic rings. The summed E-state index contributed by atoms with van der Waals surface area (Å²) in [6.07, 6.45) is -1.13. The molecule has 0 N–H and O–H groups in total. The van der Waals surface area contributed by atoms with Crippen molar-refractivity contribution in [2.24, 2.45) is 5.92 Å². The van der Waals surface area contributed by atoms with Gasteiger partial charge in [-0.2, -0.15) is 0 Å². The van der Waals surface area contributed by atoms with Gasteiger partial charge in [-0.3, -0.25) is 29.4 Å². The van der Waals surface area contributed by atoms with Crippen LogP contribution in [-0.4, -0.2) is 49.1 Å². The number of amides is 2. The average Bonchev–Trinajstić information content (AvgIpc) is 3.44. The zero-order valence-electron chi connectivity index (χ0n) is 20.9. The molecule has 0 radical (unpaired) electrons. The third kappa shape index (κ3) is 4.06. The second kappa shape index (κ2) is 10.0. The lowest BCUT2D eigenvalue weighted by atomic mass is 9.89. The summed E-state index contributed by atoms with van der Waals surface area (Å²) in [5.41, 5.74) is 1.44. The Labute approximate surface area is 218 Å². The number of benzene rings is 3. The first-order valence-electron chi connectivity index (χ1n) is 11.8. The first-order valence-corrected chi connectivity index (χ1v) is 11.8. The predicted octanol–water partition coefficient (Wildman–Crippen LogP) is 3.67. The minimum atomic E-state index is -1.13. The molecule has 11 heteroatoms. The van der Waals surface area contributed by atoms with Gasteiger partial charge in [0.2, 0.25) is 11.7 Å². The van der Waals surface area contributed by atoms with Crippen LogP contribution < -0.4 is 19.3 Å². The van der Waals surface area contributed by atoms with E-state index in [0.717, 1.165) is 5.56 Å². The summed E-state index contributed by atoms with van der Waals surface area (Å²) >= 11 is 0. The highest BCUT2D eigenvalue weighted by Crippen LogP contribution is 2.52. The molecule has 2 heterocycles. The summed E-state index contributed by atoms with van der Waals surface area (Å²) < 4.78 is 16.6. The molecule has 2 aliphatic heterocycles. The summed E-state index contributed by atoms with van der Waals surface area (Å²) in [6, 6.07) is 17.5. The number of fused-ring (bicyclic) bond motifs is 1. The number of carbonyl (C=O) groups excluding carboxylic acids is 2. The third-order valence-electron chi connectivity index (χ3n) is 6.74. The number of nitrogens with zero attached hydrogens (tertiary/aromatic N) is 3. The van der Waals surface area contributed by atoms with Gasteiger partial charge in [0.25, 0.3) is 11.6 Å². The Morgan fingerprint density at radius 1 is 0.895 bits per heavy atom. The third-order valence-corrected chi connectivity index (χ3v) is 6.74. The molecule has 5 rings (SSSR count). The van der Waals surface area contributed by atoms with Crippen LogP contribution in [0.1, 0.15) is 17.2 Å². The van der Waals surface area contributed by atoms with Crippen LogP contribution in [0.4, 0.5) is 11.4 Å². The summed E-state index contributed by atoms with van der Waals surface area (Å²) in [6.45, 7) is 0.0987. The number of methoxy groups -OCH3 is 3. The molecule has 38 heavy (non-hydrogen) atoms. The SMILES string of the molecule is COc1ccc([C@H]2[C@@H]3C(=O)N(Cc4ccccc4)C(=O)[C@H]3ON2c2cccc([N+](=O)[O-])c2)c(OC)c1OC. The zero-order chi connectivity index (χ0) is 27.0. The Bertz CT molecular complexity index is 1400. The molecular weight excluding hydrogens is 494 g/mol. The highest BCUT2D eigenvalue weighted by molar-refractivity contribution is 6.07. The zero-order valence-corrected chi connectivity index (χ0v) is 20.9. The summed E-state index contributed by atoms with van der Waals surface area (Å²) in [4.78, 5) is 45.5. The Balaban J connectivity index is 1.63. The van der Waals surface area contributed by atoms with Crippen LogP contribution in [0.3, 0.4) is 0 Å². The number of ether oxygens (including phenoxy) is 3. The van der Waals surface area contributed by atoms with Gasteiger partial charge in [-0.15, -0.1) is 0 Å². The molecule has 3 atom stereocenters. The quantitative estimate of drug-likeness (QED) is 0.249. The topological polar surface area (TPSA) is 121 Å². The van der Waals surface area contributed by atoms with Gasteiger partial charge in [0.1, 0.15) is 12.0 Å². The number of likely N-dealkylation sites (tertiary alicyclic amines) is 1. The fourth-order valence-corrected chi connectivity index (χ4v) is 5.03. The molecule has 196 valence electrons. The van der Waals surface area contributed by atoms with Gasteiger partial charge < -0.3 is 14.2 Å². The number of imide groups is 1. The van der Waals surface area contributed by atoms with Gasteiger partial charge in [0, 0.05) is 17.7 Å². The van der Waals surface area contributed by atoms with Gasteiger partial charge >= 0.3 is 0 Å². The fraction of sp³-hybridized carbons (Fsp3) is 0.259. The second-order valence-corrected chi connectivity index (χ2v) is 8.77. The Kier molecular flexibility index (Phi) is 6.60. The van der Waals surface area contributed by atoms with Gasteiger partial charge in [-0.05, 0) is 23.8 Å². The molecule has 2 fully saturated rings. The van der Waals surface area contributed by atoms with Crippen molar-refractivity contribution in [3.05, 3.63) is 88.0 Å². The highest BCUT2D eigenvalue weighted by atomic mass is 16.7. The predicted molar refractivity (Wildman–Crippen MR) is 135 cm³/mol. The van der Waals surface area contributed by atoms with Crippen molar-refractivity contribution in [3.8, 4) is 17.2 Å². The number of nitro benzene ring substituents is 1. The Hall–Kier alpha value is -4.64. The largest absolute Gasteiger partial charge is 0.493 e. The van der Waals surface area contributed by atoms with Gasteiger partial charge in [-0.25, -0.2) is 5.06 Å². The summed E-state index contributed by atoms with van der Waals surface area (Å²) in [7, 11) is 4.40. The lowest BCUT2D eigenvalue weighted by Crippen LogP contribution is -2.37. The fourth-order valence-electron chi connectivity index (χ4n) is 5.03. The molecule has 11 nitrogen and oxygen atoms in total. The molecule has 0 aromatic heterocycles.